The van der Waals surface area contributed by atoms with Crippen molar-refractivity contribution in [1.29, 1.82) is 0 Å². The van der Waals surface area contributed by atoms with E-state index in [1.807, 2.05) is 13.8 Å². The zero-order valence-corrected chi connectivity index (χ0v) is 23.6. The topological polar surface area (TPSA) is 75.6 Å². The van der Waals surface area contributed by atoms with Crippen molar-refractivity contribution in [3.63, 3.8) is 0 Å². The highest BCUT2D eigenvalue weighted by molar-refractivity contribution is 6.00. The van der Waals surface area contributed by atoms with Crippen LogP contribution >= 0.6 is 0 Å². The lowest BCUT2D eigenvalue weighted by Crippen LogP contribution is -2.39. The maximum atomic E-state index is 13.5. The van der Waals surface area contributed by atoms with E-state index in [9.17, 15) is 22.8 Å². The Balaban J connectivity index is 0.00000205. The predicted octanol–water partition coefficient (Wildman–Crippen LogP) is 5.30. The lowest BCUT2D eigenvalue weighted by molar-refractivity contribution is -0.138. The number of halogens is 3. The average Bonchev–Trinajstić information content (AvgIpc) is 2.93. The van der Waals surface area contributed by atoms with Crippen LogP contribution in [0.15, 0.2) is 29.2 Å². The minimum Gasteiger partial charge on any atom is -0.381 e. The number of benzene rings is 1. The number of carbonyl (C=O) groups is 1. The Hall–Kier alpha value is -2.85. The number of nitrogens with one attached hydrogen (secondary N) is 2. The fraction of sp³-hybridized carbons (Fsp3) is 0.586. The van der Waals surface area contributed by atoms with Crippen molar-refractivity contribution in [3.8, 4) is 0 Å². The number of amides is 1. The summed E-state index contributed by atoms with van der Waals surface area (Å²) in [6.45, 7) is 9.98. The molecule has 0 saturated carbocycles. The number of hydrogen-bond donors (Lipinski definition) is 2. The lowest BCUT2D eigenvalue weighted by Gasteiger charge is -2.32. The van der Waals surface area contributed by atoms with Gasteiger partial charge in [-0.05, 0) is 76.9 Å². The number of hydrogen-bond acceptors (Lipinski definition) is 5. The summed E-state index contributed by atoms with van der Waals surface area (Å²) in [6, 6.07) is 4.01. The Morgan fingerprint density at radius 3 is 2.31 bits per heavy atom. The van der Waals surface area contributed by atoms with E-state index in [4.69, 9.17) is 4.74 Å². The molecule has 2 aliphatic heterocycles. The van der Waals surface area contributed by atoms with Gasteiger partial charge < -0.3 is 24.8 Å². The Bertz CT molecular complexity index is 1180. The Morgan fingerprint density at radius 1 is 1.05 bits per heavy atom. The monoisotopic (exact) mass is 550 g/mol. The van der Waals surface area contributed by atoms with Crippen LogP contribution in [0.1, 0.15) is 78.2 Å². The van der Waals surface area contributed by atoms with Gasteiger partial charge >= 0.3 is 6.18 Å². The van der Waals surface area contributed by atoms with E-state index < -0.39 is 17.6 Å². The van der Waals surface area contributed by atoms with Crippen LogP contribution in [0.2, 0.25) is 0 Å². The zero-order chi connectivity index (χ0) is 28.7. The van der Waals surface area contributed by atoms with Crippen molar-refractivity contribution < 1.29 is 22.7 Å². The molecule has 10 heteroatoms. The molecule has 1 aromatic heterocycles. The summed E-state index contributed by atoms with van der Waals surface area (Å²) in [5.74, 6) is -0.434. The van der Waals surface area contributed by atoms with Gasteiger partial charge in [-0.2, -0.15) is 13.2 Å². The fourth-order valence-corrected chi connectivity index (χ4v) is 5.17. The summed E-state index contributed by atoms with van der Waals surface area (Å²) < 4.78 is 47.1. The summed E-state index contributed by atoms with van der Waals surface area (Å²) in [4.78, 5) is 29.1. The average molecular weight is 551 g/mol. The summed E-state index contributed by atoms with van der Waals surface area (Å²) in [7, 11) is 2.06. The second-order valence-corrected chi connectivity index (χ2v) is 10.1. The van der Waals surface area contributed by atoms with Gasteiger partial charge in [0, 0.05) is 43.6 Å². The molecular formula is C29H41F3N4O3. The standard InChI is InChI=1S/C27H35F3N4O3.C2H6/c1-17-19(5-4-6-23(17)27(28,29)30)15-31-25(35)22-16-34(21-9-13-37-14-10-21)26(36)18(2)24(22)32-20-7-11-33(3)12-8-20;1-2/h4-6,16,20-21,32H,7-15H2,1-3H3,(H,31,35);1-2H3. The van der Waals surface area contributed by atoms with Gasteiger partial charge in [0.15, 0.2) is 0 Å². The normalized spacial score (nSPS) is 17.3. The minimum atomic E-state index is -4.47. The Morgan fingerprint density at radius 2 is 1.69 bits per heavy atom. The number of carbonyl (C=O) groups excluding carboxylic acids is 1. The van der Waals surface area contributed by atoms with Crippen LogP contribution in [-0.2, 0) is 17.5 Å². The first-order chi connectivity index (χ1) is 18.6. The SMILES string of the molecule is CC.Cc1c(CNC(=O)c2cn(C3CCOCC3)c(=O)c(C)c2NC2CCN(C)CC2)cccc1C(F)(F)F. The van der Waals surface area contributed by atoms with Crippen molar-refractivity contribution in [2.75, 3.05) is 38.7 Å². The quantitative estimate of drug-likeness (QED) is 0.511. The molecule has 0 aliphatic carbocycles. The van der Waals surface area contributed by atoms with Crippen molar-refractivity contribution in [2.24, 2.45) is 0 Å². The summed E-state index contributed by atoms with van der Waals surface area (Å²) in [5, 5.41) is 6.26. The van der Waals surface area contributed by atoms with E-state index in [2.05, 4.69) is 22.6 Å². The van der Waals surface area contributed by atoms with Gasteiger partial charge in [-0.3, -0.25) is 9.59 Å². The summed E-state index contributed by atoms with van der Waals surface area (Å²) in [6.07, 6.45) is 0.243. The van der Waals surface area contributed by atoms with Crippen LogP contribution in [-0.4, -0.2) is 54.8 Å². The van der Waals surface area contributed by atoms with Crippen LogP contribution in [0, 0.1) is 13.8 Å². The van der Waals surface area contributed by atoms with E-state index in [-0.39, 0.29) is 29.8 Å². The van der Waals surface area contributed by atoms with Crippen LogP contribution in [0.5, 0.6) is 0 Å². The second-order valence-electron chi connectivity index (χ2n) is 10.1. The van der Waals surface area contributed by atoms with Gasteiger partial charge in [-0.25, -0.2) is 0 Å². The molecule has 216 valence electrons. The molecule has 2 aliphatic rings. The molecule has 3 heterocycles. The van der Waals surface area contributed by atoms with E-state index in [0.717, 1.165) is 32.0 Å². The van der Waals surface area contributed by atoms with Gasteiger partial charge in [-0.1, -0.05) is 26.0 Å². The largest absolute Gasteiger partial charge is 0.416 e. The van der Waals surface area contributed by atoms with Crippen molar-refractivity contribution in [3.05, 3.63) is 62.6 Å². The number of aromatic nitrogens is 1. The van der Waals surface area contributed by atoms with E-state index in [0.29, 0.717) is 48.4 Å². The van der Waals surface area contributed by atoms with Gasteiger partial charge in [0.2, 0.25) is 0 Å². The third kappa shape index (κ3) is 7.42. The molecule has 1 aromatic carbocycles. The molecule has 2 aromatic rings. The number of rotatable bonds is 6. The van der Waals surface area contributed by atoms with Crippen LogP contribution in [0.4, 0.5) is 18.9 Å². The molecule has 1 amide bonds. The van der Waals surface area contributed by atoms with Gasteiger partial charge in [0.25, 0.3) is 11.5 Å². The van der Waals surface area contributed by atoms with Crippen LogP contribution in [0.3, 0.4) is 0 Å². The molecular weight excluding hydrogens is 509 g/mol. The van der Waals surface area contributed by atoms with Gasteiger partial charge in [0.1, 0.15) is 0 Å². The van der Waals surface area contributed by atoms with E-state index in [1.54, 1.807) is 23.8 Å². The molecule has 0 bridgehead atoms. The molecule has 2 saturated heterocycles. The van der Waals surface area contributed by atoms with E-state index >= 15 is 0 Å². The van der Waals surface area contributed by atoms with Crippen molar-refractivity contribution >= 4 is 11.6 Å². The number of ether oxygens (including phenoxy) is 1. The first-order valence-corrected chi connectivity index (χ1v) is 13.8. The molecule has 0 atom stereocenters. The molecule has 2 N–H and O–H groups in total. The third-order valence-corrected chi connectivity index (χ3v) is 7.55. The number of pyridine rings is 1. The number of likely N-dealkylation sites (tertiary alicyclic amines) is 1. The molecule has 0 radical (unpaired) electrons. The Kier molecular flexibility index (Phi) is 10.6. The van der Waals surface area contributed by atoms with Gasteiger partial charge in [-0.15, -0.1) is 0 Å². The summed E-state index contributed by atoms with van der Waals surface area (Å²) in [5.41, 5.74) is 0.910. The zero-order valence-electron chi connectivity index (χ0n) is 23.6. The highest BCUT2D eigenvalue weighted by atomic mass is 19.4. The van der Waals surface area contributed by atoms with Crippen LogP contribution < -0.4 is 16.2 Å². The summed E-state index contributed by atoms with van der Waals surface area (Å²) >= 11 is 0. The molecule has 7 nitrogen and oxygen atoms in total. The number of anilines is 1. The second kappa shape index (κ2) is 13.5. The highest BCUT2D eigenvalue weighted by Gasteiger charge is 2.33. The maximum absolute atomic E-state index is 13.5. The van der Waals surface area contributed by atoms with Crippen molar-refractivity contribution in [2.45, 2.75) is 78.2 Å². The number of alkyl halides is 3. The van der Waals surface area contributed by atoms with Crippen LogP contribution in [0.25, 0.3) is 0 Å². The molecule has 2 fully saturated rings. The highest BCUT2D eigenvalue weighted by Crippen LogP contribution is 2.33. The number of nitrogens with zero attached hydrogens (tertiary/aromatic N) is 2. The molecule has 39 heavy (non-hydrogen) atoms. The fourth-order valence-electron chi connectivity index (χ4n) is 5.17. The molecule has 0 spiro atoms. The van der Waals surface area contributed by atoms with Gasteiger partial charge in [0.05, 0.1) is 16.8 Å². The maximum Gasteiger partial charge on any atom is 0.416 e. The first kappa shape index (κ1) is 30.7. The van der Waals surface area contributed by atoms with E-state index in [1.165, 1.54) is 13.0 Å². The predicted molar refractivity (Wildman–Crippen MR) is 147 cm³/mol. The third-order valence-electron chi connectivity index (χ3n) is 7.55. The minimum absolute atomic E-state index is 0.0578. The Labute approximate surface area is 228 Å². The molecule has 4 rings (SSSR count). The molecule has 0 unspecified atom stereocenters. The number of piperidine rings is 1. The van der Waals surface area contributed by atoms with Crippen molar-refractivity contribution in [1.82, 2.24) is 14.8 Å². The smallest absolute Gasteiger partial charge is 0.381 e. The first-order valence-electron chi connectivity index (χ1n) is 13.8. The lowest BCUT2D eigenvalue weighted by atomic mass is 10.0.